The van der Waals surface area contributed by atoms with E-state index in [1.165, 1.54) is 18.4 Å². The predicted molar refractivity (Wildman–Crippen MR) is 58.3 cm³/mol. The van der Waals surface area contributed by atoms with E-state index in [1.807, 2.05) is 12.3 Å². The zero-order chi connectivity index (χ0) is 9.80. The van der Waals surface area contributed by atoms with Crippen LogP contribution in [-0.4, -0.2) is 17.6 Å². The van der Waals surface area contributed by atoms with Crippen LogP contribution in [0.3, 0.4) is 0 Å². The second-order valence-electron chi connectivity index (χ2n) is 3.71. The van der Waals surface area contributed by atoms with Crippen LogP contribution in [0.1, 0.15) is 25.3 Å². The average Bonchev–Trinajstić information content (AvgIpc) is 3.01. The van der Waals surface area contributed by atoms with Gasteiger partial charge in [0.1, 0.15) is 5.82 Å². The van der Waals surface area contributed by atoms with Crippen molar-refractivity contribution in [2.24, 2.45) is 0 Å². The molecule has 2 N–H and O–H groups in total. The van der Waals surface area contributed by atoms with Crippen LogP contribution in [0, 0.1) is 0 Å². The minimum atomic E-state index is 0.672. The summed E-state index contributed by atoms with van der Waals surface area (Å²) in [5.74, 6) is 1.05. The summed E-state index contributed by atoms with van der Waals surface area (Å²) in [6, 6.07) is 4.79. The number of hydrogen-bond donors (Lipinski definition) is 2. The fourth-order valence-corrected chi connectivity index (χ4v) is 1.39. The molecule has 1 saturated carbocycles. The molecule has 0 spiro atoms. The van der Waals surface area contributed by atoms with Crippen LogP contribution >= 0.6 is 0 Å². The zero-order valence-corrected chi connectivity index (χ0v) is 8.59. The highest BCUT2D eigenvalue weighted by atomic mass is 15.0. The van der Waals surface area contributed by atoms with Gasteiger partial charge in [0.15, 0.2) is 0 Å². The van der Waals surface area contributed by atoms with E-state index in [9.17, 15) is 0 Å². The number of nitrogens with one attached hydrogen (secondary N) is 2. The average molecular weight is 191 g/mol. The van der Waals surface area contributed by atoms with Gasteiger partial charge in [0.2, 0.25) is 0 Å². The molecule has 0 unspecified atom stereocenters. The summed E-state index contributed by atoms with van der Waals surface area (Å²) in [7, 11) is 0. The number of pyridine rings is 1. The van der Waals surface area contributed by atoms with Gasteiger partial charge in [-0.15, -0.1) is 0 Å². The van der Waals surface area contributed by atoms with Crippen LogP contribution in [-0.2, 0) is 6.54 Å². The first kappa shape index (κ1) is 9.46. The van der Waals surface area contributed by atoms with E-state index in [1.54, 1.807) is 0 Å². The van der Waals surface area contributed by atoms with Crippen molar-refractivity contribution in [2.75, 3.05) is 11.9 Å². The van der Waals surface area contributed by atoms with Gasteiger partial charge in [-0.3, -0.25) is 0 Å². The maximum atomic E-state index is 4.36. The Labute approximate surface area is 84.9 Å². The molecule has 1 aliphatic rings. The molecule has 1 aromatic heterocycles. The fourth-order valence-electron chi connectivity index (χ4n) is 1.39. The van der Waals surface area contributed by atoms with Gasteiger partial charge in [-0.05, 0) is 25.5 Å². The van der Waals surface area contributed by atoms with Gasteiger partial charge in [0.25, 0.3) is 0 Å². The Morgan fingerprint density at radius 3 is 3.07 bits per heavy atom. The second kappa shape index (κ2) is 4.42. The molecule has 0 aromatic carbocycles. The van der Waals surface area contributed by atoms with Gasteiger partial charge in [-0.1, -0.05) is 13.0 Å². The zero-order valence-electron chi connectivity index (χ0n) is 8.59. The van der Waals surface area contributed by atoms with E-state index < -0.39 is 0 Å². The number of nitrogens with zero attached hydrogens (tertiary/aromatic N) is 1. The molecular weight excluding hydrogens is 174 g/mol. The number of anilines is 1. The van der Waals surface area contributed by atoms with Crippen molar-refractivity contribution in [2.45, 2.75) is 32.4 Å². The summed E-state index contributed by atoms with van der Waals surface area (Å²) in [6.45, 7) is 4.02. The molecule has 1 fully saturated rings. The summed E-state index contributed by atoms with van der Waals surface area (Å²) >= 11 is 0. The van der Waals surface area contributed by atoms with Gasteiger partial charge in [0, 0.05) is 24.3 Å². The molecule has 76 valence electrons. The van der Waals surface area contributed by atoms with E-state index in [-0.39, 0.29) is 0 Å². The summed E-state index contributed by atoms with van der Waals surface area (Å²) in [5.41, 5.74) is 1.27. The van der Waals surface area contributed by atoms with E-state index >= 15 is 0 Å². The van der Waals surface area contributed by atoms with Crippen LogP contribution < -0.4 is 10.6 Å². The molecule has 0 atom stereocenters. The maximum absolute atomic E-state index is 4.36. The first-order valence-electron chi connectivity index (χ1n) is 5.31. The molecule has 3 heteroatoms. The largest absolute Gasteiger partial charge is 0.367 e. The number of aromatic nitrogens is 1. The van der Waals surface area contributed by atoms with Gasteiger partial charge in [0.05, 0.1) is 0 Å². The van der Waals surface area contributed by atoms with Crippen molar-refractivity contribution in [3.63, 3.8) is 0 Å². The molecule has 3 nitrogen and oxygen atoms in total. The second-order valence-corrected chi connectivity index (χ2v) is 3.71. The lowest BCUT2D eigenvalue weighted by atomic mass is 10.2. The van der Waals surface area contributed by atoms with Crippen LogP contribution in [0.5, 0.6) is 0 Å². The standard InChI is InChI=1S/C11H17N3/c1-2-12-8-9-4-3-7-13-11(9)14-10-5-6-10/h3-4,7,10,12H,2,5-6,8H2,1H3,(H,13,14). The van der Waals surface area contributed by atoms with Gasteiger partial charge >= 0.3 is 0 Å². The topological polar surface area (TPSA) is 37.0 Å². The number of hydrogen-bond acceptors (Lipinski definition) is 3. The Kier molecular flexibility index (Phi) is 2.99. The van der Waals surface area contributed by atoms with Crippen molar-refractivity contribution in [3.8, 4) is 0 Å². The molecule has 0 saturated heterocycles. The summed E-state index contributed by atoms with van der Waals surface area (Å²) < 4.78 is 0. The van der Waals surface area contributed by atoms with Gasteiger partial charge in [-0.2, -0.15) is 0 Å². The molecule has 1 aliphatic carbocycles. The Morgan fingerprint density at radius 2 is 2.36 bits per heavy atom. The smallest absolute Gasteiger partial charge is 0.130 e. The Hall–Kier alpha value is -1.09. The van der Waals surface area contributed by atoms with Crippen LogP contribution in [0.15, 0.2) is 18.3 Å². The predicted octanol–water partition coefficient (Wildman–Crippen LogP) is 1.77. The first-order chi connectivity index (χ1) is 6.90. The quantitative estimate of drug-likeness (QED) is 0.744. The molecule has 0 bridgehead atoms. The summed E-state index contributed by atoms with van der Waals surface area (Å²) in [6.07, 6.45) is 4.43. The van der Waals surface area contributed by atoms with Crippen molar-refractivity contribution in [1.82, 2.24) is 10.3 Å². The highest BCUT2D eigenvalue weighted by Crippen LogP contribution is 2.25. The highest BCUT2D eigenvalue weighted by molar-refractivity contribution is 5.45. The van der Waals surface area contributed by atoms with Crippen molar-refractivity contribution in [1.29, 1.82) is 0 Å². The molecule has 2 rings (SSSR count). The molecule has 0 radical (unpaired) electrons. The van der Waals surface area contributed by atoms with E-state index in [4.69, 9.17) is 0 Å². The van der Waals surface area contributed by atoms with Crippen molar-refractivity contribution >= 4 is 5.82 Å². The molecule has 0 amide bonds. The Bertz CT molecular complexity index is 294. The molecule has 0 aliphatic heterocycles. The highest BCUT2D eigenvalue weighted by Gasteiger charge is 2.22. The number of rotatable bonds is 5. The lowest BCUT2D eigenvalue weighted by Gasteiger charge is -2.09. The van der Waals surface area contributed by atoms with E-state index in [0.717, 1.165) is 18.9 Å². The van der Waals surface area contributed by atoms with Gasteiger partial charge in [-0.25, -0.2) is 4.98 Å². The van der Waals surface area contributed by atoms with Crippen molar-refractivity contribution in [3.05, 3.63) is 23.9 Å². The monoisotopic (exact) mass is 191 g/mol. The van der Waals surface area contributed by atoms with E-state index in [0.29, 0.717) is 6.04 Å². The first-order valence-corrected chi connectivity index (χ1v) is 5.31. The van der Waals surface area contributed by atoms with Gasteiger partial charge < -0.3 is 10.6 Å². The van der Waals surface area contributed by atoms with E-state index in [2.05, 4.69) is 28.6 Å². The minimum absolute atomic E-state index is 0.672. The summed E-state index contributed by atoms with van der Waals surface area (Å²) in [5, 5.41) is 6.76. The van der Waals surface area contributed by atoms with Crippen LogP contribution in [0.2, 0.25) is 0 Å². The fraction of sp³-hybridized carbons (Fsp3) is 0.545. The Balaban J connectivity index is 2.02. The Morgan fingerprint density at radius 1 is 1.50 bits per heavy atom. The third-order valence-electron chi connectivity index (χ3n) is 2.37. The molecule has 1 heterocycles. The van der Waals surface area contributed by atoms with Crippen LogP contribution in [0.25, 0.3) is 0 Å². The maximum Gasteiger partial charge on any atom is 0.130 e. The van der Waals surface area contributed by atoms with Crippen LogP contribution in [0.4, 0.5) is 5.82 Å². The third kappa shape index (κ3) is 2.45. The lowest BCUT2D eigenvalue weighted by molar-refractivity contribution is 0.725. The van der Waals surface area contributed by atoms with Crippen molar-refractivity contribution < 1.29 is 0 Å². The lowest BCUT2D eigenvalue weighted by Crippen LogP contribution is -2.15. The SMILES string of the molecule is CCNCc1cccnc1NC1CC1. The molecule has 1 aromatic rings. The molecular formula is C11H17N3. The third-order valence-corrected chi connectivity index (χ3v) is 2.37. The summed E-state index contributed by atoms with van der Waals surface area (Å²) in [4.78, 5) is 4.36. The normalized spacial score (nSPS) is 15.5. The minimum Gasteiger partial charge on any atom is -0.367 e. The molecule has 14 heavy (non-hydrogen) atoms.